The third-order valence-electron chi connectivity index (χ3n) is 4.23. The summed E-state index contributed by atoms with van der Waals surface area (Å²) in [7, 11) is 1.92. The minimum Gasteiger partial charge on any atom is -0.443 e. The number of ether oxygens (including phenoxy) is 1. The van der Waals surface area contributed by atoms with Crippen molar-refractivity contribution in [2.45, 2.75) is 13.8 Å². The van der Waals surface area contributed by atoms with E-state index in [4.69, 9.17) is 16.3 Å². The molecule has 3 aromatic rings. The average Bonchev–Trinajstić information content (AvgIpc) is 3.12. The number of aliphatic imine (C=N–C) groups is 1. The number of nitrogens with zero attached hydrogens (tertiary/aromatic N) is 4. The molecular weight excluding hydrogens is 411 g/mol. The Bertz CT molecular complexity index is 1090. The van der Waals surface area contributed by atoms with E-state index >= 15 is 0 Å². The Hall–Kier alpha value is -2.95. The minimum absolute atomic E-state index is 0.295. The van der Waals surface area contributed by atoms with Gasteiger partial charge in [-0.15, -0.1) is 0 Å². The van der Waals surface area contributed by atoms with Gasteiger partial charge in [0.2, 0.25) is 5.06 Å². The molecule has 5 nitrogen and oxygen atoms in total. The Labute approximate surface area is 177 Å². The van der Waals surface area contributed by atoms with Crippen LogP contribution in [-0.2, 0) is 0 Å². The Morgan fingerprint density at radius 1 is 1.34 bits per heavy atom. The lowest BCUT2D eigenvalue weighted by atomic mass is 10.1. The largest absolute Gasteiger partial charge is 0.443 e. The van der Waals surface area contributed by atoms with Crippen molar-refractivity contribution in [2.75, 3.05) is 13.6 Å². The Kier molecular flexibility index (Phi) is 6.47. The number of benzene rings is 2. The van der Waals surface area contributed by atoms with E-state index in [9.17, 15) is 9.65 Å². The number of aryl methyl sites for hydroxylation is 1. The van der Waals surface area contributed by atoms with Crippen molar-refractivity contribution in [3.05, 3.63) is 58.4 Å². The molecule has 8 heteroatoms. The number of aromatic nitrogens is 1. The number of rotatable bonds is 6. The van der Waals surface area contributed by atoms with Gasteiger partial charge in [0.05, 0.1) is 17.0 Å². The van der Waals surface area contributed by atoms with E-state index in [0.717, 1.165) is 23.6 Å². The van der Waals surface area contributed by atoms with Gasteiger partial charge >= 0.3 is 0 Å². The maximum atomic E-state index is 13.2. The lowest BCUT2D eigenvalue weighted by Gasteiger charge is -2.11. The molecule has 0 saturated heterocycles. The van der Waals surface area contributed by atoms with Crippen molar-refractivity contribution in [3.63, 3.8) is 0 Å². The van der Waals surface area contributed by atoms with Crippen LogP contribution in [0.2, 0.25) is 5.02 Å². The summed E-state index contributed by atoms with van der Waals surface area (Å²) in [5.41, 5.74) is 2.85. The number of hydrogen-bond acceptors (Lipinski definition) is 5. The fourth-order valence-electron chi connectivity index (χ4n) is 2.45. The normalized spacial score (nSPS) is 10.9. The highest BCUT2D eigenvalue weighted by Crippen LogP contribution is 2.40. The number of nitriles is 1. The highest BCUT2D eigenvalue weighted by atomic mass is 35.5. The van der Waals surface area contributed by atoms with Gasteiger partial charge < -0.3 is 9.64 Å². The van der Waals surface area contributed by atoms with Crippen molar-refractivity contribution in [2.24, 2.45) is 4.99 Å². The molecule has 0 N–H and O–H groups in total. The maximum absolute atomic E-state index is 13.2. The molecule has 0 fully saturated rings. The Morgan fingerprint density at radius 2 is 2.07 bits per heavy atom. The second-order valence-corrected chi connectivity index (χ2v) is 7.44. The highest BCUT2D eigenvalue weighted by molar-refractivity contribution is 7.08. The molecule has 2 aromatic carbocycles. The van der Waals surface area contributed by atoms with Crippen LogP contribution in [0.4, 0.5) is 10.1 Å². The first-order valence-electron chi connectivity index (χ1n) is 8.81. The van der Waals surface area contributed by atoms with Crippen LogP contribution < -0.4 is 4.74 Å². The fourth-order valence-corrected chi connectivity index (χ4v) is 3.38. The van der Waals surface area contributed by atoms with E-state index < -0.39 is 0 Å². The van der Waals surface area contributed by atoms with Crippen molar-refractivity contribution in [1.82, 2.24) is 9.27 Å². The lowest BCUT2D eigenvalue weighted by Crippen LogP contribution is -2.14. The third-order valence-corrected chi connectivity index (χ3v) is 5.26. The molecule has 0 bridgehead atoms. The molecule has 0 amide bonds. The summed E-state index contributed by atoms with van der Waals surface area (Å²) in [6.45, 7) is 4.74. The Balaban J connectivity index is 1.91. The second kappa shape index (κ2) is 9.03. The molecule has 0 atom stereocenters. The molecule has 29 heavy (non-hydrogen) atoms. The molecule has 0 unspecified atom stereocenters. The Morgan fingerprint density at radius 3 is 2.72 bits per heavy atom. The first-order valence-corrected chi connectivity index (χ1v) is 9.96. The molecule has 0 aliphatic rings. The molecule has 1 aromatic heterocycles. The fraction of sp³-hybridized carbons (Fsp3) is 0.190. The SMILES string of the molecule is CCN(C)C=Nc1cc(C)c(Oc2snc(-c3ccc(F)cc3)c2C#N)cc1Cl. The zero-order valence-electron chi connectivity index (χ0n) is 16.1. The van der Waals surface area contributed by atoms with Crippen molar-refractivity contribution < 1.29 is 9.13 Å². The molecule has 0 radical (unpaired) electrons. The van der Waals surface area contributed by atoms with Gasteiger partial charge in [-0.2, -0.15) is 9.64 Å². The van der Waals surface area contributed by atoms with Gasteiger partial charge in [-0.1, -0.05) is 11.6 Å². The summed E-state index contributed by atoms with van der Waals surface area (Å²) in [6.07, 6.45) is 1.72. The van der Waals surface area contributed by atoms with Crippen molar-refractivity contribution in [1.29, 1.82) is 5.26 Å². The predicted molar refractivity (Wildman–Crippen MR) is 115 cm³/mol. The van der Waals surface area contributed by atoms with Gasteiger partial charge in [-0.05, 0) is 49.7 Å². The van der Waals surface area contributed by atoms with Crippen LogP contribution >= 0.6 is 23.1 Å². The van der Waals surface area contributed by atoms with Crippen LogP contribution in [0.3, 0.4) is 0 Å². The lowest BCUT2D eigenvalue weighted by molar-refractivity contribution is 0.491. The molecule has 148 valence electrons. The summed E-state index contributed by atoms with van der Waals surface area (Å²) >= 11 is 7.42. The zero-order chi connectivity index (χ0) is 21.0. The summed E-state index contributed by atoms with van der Waals surface area (Å²) < 4.78 is 23.5. The van der Waals surface area contributed by atoms with Crippen LogP contribution in [0.1, 0.15) is 18.1 Å². The van der Waals surface area contributed by atoms with Crippen molar-refractivity contribution in [3.8, 4) is 28.1 Å². The van der Waals surface area contributed by atoms with Gasteiger partial charge in [-0.25, -0.2) is 9.38 Å². The van der Waals surface area contributed by atoms with Gasteiger partial charge in [-0.3, -0.25) is 0 Å². The van der Waals surface area contributed by atoms with Gasteiger partial charge in [0, 0.05) is 36.8 Å². The summed E-state index contributed by atoms with van der Waals surface area (Å²) in [5, 5.41) is 10.4. The van der Waals surface area contributed by atoms with E-state index in [2.05, 4.69) is 15.4 Å². The van der Waals surface area contributed by atoms with Gasteiger partial charge in [0.15, 0.2) is 0 Å². The quantitative estimate of drug-likeness (QED) is 0.347. The molecular formula is C21H18ClFN4OS. The smallest absolute Gasteiger partial charge is 0.218 e. The van der Waals surface area contributed by atoms with E-state index in [1.807, 2.05) is 31.9 Å². The van der Waals surface area contributed by atoms with Crippen LogP contribution in [0.25, 0.3) is 11.3 Å². The zero-order valence-corrected chi connectivity index (χ0v) is 17.7. The number of halogens is 2. The molecule has 0 spiro atoms. The van der Waals surface area contributed by atoms with E-state index in [0.29, 0.717) is 38.3 Å². The first kappa shape index (κ1) is 20.8. The summed E-state index contributed by atoms with van der Waals surface area (Å²) in [5.74, 6) is 0.167. The van der Waals surface area contributed by atoms with Crippen LogP contribution in [-0.4, -0.2) is 29.2 Å². The topological polar surface area (TPSA) is 61.5 Å². The monoisotopic (exact) mass is 428 g/mol. The van der Waals surface area contributed by atoms with Gasteiger partial charge in [0.25, 0.3) is 0 Å². The summed E-state index contributed by atoms with van der Waals surface area (Å²) in [4.78, 5) is 6.32. The van der Waals surface area contributed by atoms with E-state index in [-0.39, 0.29) is 5.82 Å². The van der Waals surface area contributed by atoms with E-state index in [1.54, 1.807) is 24.5 Å². The van der Waals surface area contributed by atoms with Crippen LogP contribution in [0.15, 0.2) is 41.4 Å². The van der Waals surface area contributed by atoms with Gasteiger partial charge in [0.1, 0.15) is 28.9 Å². The maximum Gasteiger partial charge on any atom is 0.218 e. The van der Waals surface area contributed by atoms with Crippen molar-refractivity contribution >= 4 is 35.2 Å². The molecule has 3 rings (SSSR count). The third kappa shape index (κ3) is 4.73. The molecule has 0 aliphatic heterocycles. The molecule has 1 heterocycles. The molecule has 0 aliphatic carbocycles. The number of hydrogen-bond donors (Lipinski definition) is 0. The standard InChI is InChI=1S/C21H18ClFN4OS/c1-4-27(3)12-25-18-9-13(2)19(10-17(18)22)28-21-16(11-24)20(26-29-21)14-5-7-15(23)8-6-14/h5-10,12H,4H2,1-3H3. The second-order valence-electron chi connectivity index (χ2n) is 6.30. The van der Waals surface area contributed by atoms with Crippen LogP contribution in [0, 0.1) is 24.1 Å². The first-order chi connectivity index (χ1) is 13.9. The summed E-state index contributed by atoms with van der Waals surface area (Å²) in [6, 6.07) is 11.4. The van der Waals surface area contributed by atoms with Crippen LogP contribution in [0.5, 0.6) is 10.8 Å². The predicted octanol–water partition coefficient (Wildman–Crippen LogP) is 6.19. The minimum atomic E-state index is -0.350. The van der Waals surface area contributed by atoms with E-state index in [1.165, 1.54) is 12.1 Å². The average molecular weight is 429 g/mol. The molecule has 0 saturated carbocycles. The highest BCUT2D eigenvalue weighted by Gasteiger charge is 2.18.